The van der Waals surface area contributed by atoms with Crippen molar-refractivity contribution >= 4 is 24.4 Å². The molecule has 76 valence electrons. The number of hydrogen-bond acceptors (Lipinski definition) is 3. The van der Waals surface area contributed by atoms with Crippen LogP contribution in [0.1, 0.15) is 20.3 Å². The summed E-state index contributed by atoms with van der Waals surface area (Å²) >= 11 is 3.98. The fraction of sp³-hybridized carbons (Fsp3) is 0.750. The molecule has 0 fully saturated rings. The molecule has 0 rings (SSSR count). The molecule has 13 heavy (non-hydrogen) atoms. The van der Waals surface area contributed by atoms with Gasteiger partial charge in [0.15, 0.2) is 0 Å². The smallest absolute Gasteiger partial charge is 0.243 e. The SMILES string of the molecule is CCCNC(=O)C(CS)NC(C)=O. The molecule has 2 amide bonds. The zero-order valence-electron chi connectivity index (χ0n) is 7.96. The molecular weight excluding hydrogens is 188 g/mol. The minimum atomic E-state index is -0.521. The van der Waals surface area contributed by atoms with Crippen LogP contribution < -0.4 is 10.6 Å². The van der Waals surface area contributed by atoms with E-state index in [-0.39, 0.29) is 11.8 Å². The highest BCUT2D eigenvalue weighted by Crippen LogP contribution is 1.88. The van der Waals surface area contributed by atoms with Gasteiger partial charge in [0.2, 0.25) is 11.8 Å². The normalized spacial score (nSPS) is 11.9. The van der Waals surface area contributed by atoms with Gasteiger partial charge in [-0.15, -0.1) is 0 Å². The molecule has 0 radical (unpaired) electrons. The van der Waals surface area contributed by atoms with Crippen LogP contribution in [0.3, 0.4) is 0 Å². The van der Waals surface area contributed by atoms with Crippen molar-refractivity contribution in [3.05, 3.63) is 0 Å². The maximum Gasteiger partial charge on any atom is 0.243 e. The van der Waals surface area contributed by atoms with Crippen LogP contribution in [-0.2, 0) is 9.59 Å². The lowest BCUT2D eigenvalue weighted by Crippen LogP contribution is -2.47. The summed E-state index contributed by atoms with van der Waals surface area (Å²) in [6.45, 7) is 3.97. The molecule has 0 saturated heterocycles. The minimum Gasteiger partial charge on any atom is -0.354 e. The Hall–Kier alpha value is -0.710. The number of carbonyl (C=O) groups excluding carboxylic acids is 2. The van der Waals surface area contributed by atoms with Gasteiger partial charge in [-0.05, 0) is 6.42 Å². The van der Waals surface area contributed by atoms with Crippen LogP contribution in [0.15, 0.2) is 0 Å². The Morgan fingerprint density at radius 1 is 1.46 bits per heavy atom. The van der Waals surface area contributed by atoms with Crippen LogP contribution in [0, 0.1) is 0 Å². The van der Waals surface area contributed by atoms with Crippen molar-refractivity contribution in [3.63, 3.8) is 0 Å². The topological polar surface area (TPSA) is 58.2 Å². The summed E-state index contributed by atoms with van der Waals surface area (Å²) in [5.74, 6) is -0.0764. The third-order valence-electron chi connectivity index (χ3n) is 1.43. The minimum absolute atomic E-state index is 0.174. The third-order valence-corrected chi connectivity index (χ3v) is 1.79. The van der Waals surface area contributed by atoms with Gasteiger partial charge in [0.25, 0.3) is 0 Å². The fourth-order valence-electron chi connectivity index (χ4n) is 0.811. The molecule has 4 nitrogen and oxygen atoms in total. The fourth-order valence-corrected chi connectivity index (χ4v) is 1.07. The Balaban J connectivity index is 3.92. The van der Waals surface area contributed by atoms with E-state index in [0.717, 1.165) is 6.42 Å². The number of carbonyl (C=O) groups is 2. The van der Waals surface area contributed by atoms with Gasteiger partial charge in [-0.3, -0.25) is 9.59 Å². The van der Waals surface area contributed by atoms with Gasteiger partial charge in [0.05, 0.1) is 0 Å². The molecule has 0 aliphatic heterocycles. The second-order valence-corrected chi connectivity index (χ2v) is 3.09. The summed E-state index contributed by atoms with van der Waals surface area (Å²) in [6.07, 6.45) is 0.880. The molecule has 0 bridgehead atoms. The Morgan fingerprint density at radius 3 is 2.46 bits per heavy atom. The molecule has 0 aromatic heterocycles. The van der Waals surface area contributed by atoms with Crippen LogP contribution in [0.25, 0.3) is 0 Å². The van der Waals surface area contributed by atoms with Crippen LogP contribution >= 0.6 is 12.6 Å². The summed E-state index contributed by atoms with van der Waals surface area (Å²) in [5.41, 5.74) is 0. The molecule has 0 aliphatic carbocycles. The molecular formula is C8H16N2O2S. The first-order valence-corrected chi connectivity index (χ1v) is 4.90. The average molecular weight is 204 g/mol. The van der Waals surface area contributed by atoms with Crippen molar-refractivity contribution in [1.29, 1.82) is 0 Å². The Bertz CT molecular complexity index is 185. The molecule has 0 saturated carbocycles. The number of rotatable bonds is 5. The van der Waals surface area contributed by atoms with E-state index in [9.17, 15) is 9.59 Å². The largest absolute Gasteiger partial charge is 0.354 e. The summed E-state index contributed by atoms with van der Waals surface area (Å²) in [4.78, 5) is 22.0. The van der Waals surface area contributed by atoms with Crippen molar-refractivity contribution in [2.75, 3.05) is 12.3 Å². The highest BCUT2D eigenvalue weighted by molar-refractivity contribution is 7.80. The second-order valence-electron chi connectivity index (χ2n) is 2.73. The standard InChI is InChI=1S/C8H16N2O2S/c1-3-4-9-8(12)7(5-13)10-6(2)11/h7,13H,3-5H2,1-2H3,(H,9,12)(H,10,11). The van der Waals surface area contributed by atoms with Crippen LogP contribution in [-0.4, -0.2) is 30.2 Å². The monoisotopic (exact) mass is 204 g/mol. The lowest BCUT2D eigenvalue weighted by atomic mass is 10.3. The summed E-state index contributed by atoms with van der Waals surface area (Å²) in [6, 6.07) is -0.521. The predicted octanol–water partition coefficient (Wildman–Crippen LogP) is -0.0529. The lowest BCUT2D eigenvalue weighted by Gasteiger charge is -2.14. The van der Waals surface area contributed by atoms with Gasteiger partial charge in [-0.25, -0.2) is 0 Å². The maximum atomic E-state index is 11.3. The van der Waals surface area contributed by atoms with E-state index in [1.807, 2.05) is 6.92 Å². The van der Waals surface area contributed by atoms with Crippen molar-refractivity contribution < 1.29 is 9.59 Å². The van der Waals surface area contributed by atoms with Gasteiger partial charge in [0, 0.05) is 19.2 Å². The number of nitrogens with one attached hydrogen (secondary N) is 2. The first kappa shape index (κ1) is 12.3. The first-order valence-electron chi connectivity index (χ1n) is 4.27. The molecule has 5 heteroatoms. The Kier molecular flexibility index (Phi) is 6.40. The highest BCUT2D eigenvalue weighted by atomic mass is 32.1. The van der Waals surface area contributed by atoms with E-state index in [0.29, 0.717) is 12.3 Å². The van der Waals surface area contributed by atoms with E-state index in [1.165, 1.54) is 6.92 Å². The zero-order chi connectivity index (χ0) is 10.3. The third kappa shape index (κ3) is 5.52. The van der Waals surface area contributed by atoms with E-state index in [1.54, 1.807) is 0 Å². The average Bonchev–Trinajstić information content (AvgIpc) is 2.09. The lowest BCUT2D eigenvalue weighted by molar-refractivity contribution is -0.127. The van der Waals surface area contributed by atoms with Crippen molar-refractivity contribution in [2.45, 2.75) is 26.3 Å². The van der Waals surface area contributed by atoms with Gasteiger partial charge in [-0.1, -0.05) is 6.92 Å². The molecule has 0 aromatic rings. The molecule has 0 heterocycles. The van der Waals surface area contributed by atoms with E-state index < -0.39 is 6.04 Å². The highest BCUT2D eigenvalue weighted by Gasteiger charge is 2.16. The molecule has 0 aromatic carbocycles. The molecule has 0 spiro atoms. The van der Waals surface area contributed by atoms with Crippen LogP contribution in [0.2, 0.25) is 0 Å². The molecule has 1 atom stereocenters. The van der Waals surface area contributed by atoms with Gasteiger partial charge in [-0.2, -0.15) is 12.6 Å². The molecule has 0 aliphatic rings. The van der Waals surface area contributed by atoms with Crippen molar-refractivity contribution in [3.8, 4) is 0 Å². The molecule has 2 N–H and O–H groups in total. The van der Waals surface area contributed by atoms with E-state index in [4.69, 9.17) is 0 Å². The second kappa shape index (κ2) is 6.77. The zero-order valence-corrected chi connectivity index (χ0v) is 8.86. The Morgan fingerprint density at radius 2 is 2.08 bits per heavy atom. The summed E-state index contributed by atoms with van der Waals surface area (Å²) < 4.78 is 0. The number of hydrogen-bond donors (Lipinski definition) is 3. The maximum absolute atomic E-state index is 11.3. The summed E-state index contributed by atoms with van der Waals surface area (Å²) in [7, 11) is 0. The van der Waals surface area contributed by atoms with E-state index >= 15 is 0 Å². The summed E-state index contributed by atoms with van der Waals surface area (Å²) in [5, 5.41) is 5.20. The van der Waals surface area contributed by atoms with Crippen molar-refractivity contribution in [2.24, 2.45) is 0 Å². The number of amides is 2. The van der Waals surface area contributed by atoms with Gasteiger partial charge >= 0.3 is 0 Å². The number of thiol groups is 1. The van der Waals surface area contributed by atoms with Gasteiger partial charge in [0.1, 0.15) is 6.04 Å². The predicted molar refractivity (Wildman–Crippen MR) is 54.8 cm³/mol. The molecule has 1 unspecified atom stereocenters. The quantitative estimate of drug-likeness (QED) is 0.550. The van der Waals surface area contributed by atoms with E-state index in [2.05, 4.69) is 23.3 Å². The Labute approximate surface area is 83.9 Å². The van der Waals surface area contributed by atoms with Crippen molar-refractivity contribution in [1.82, 2.24) is 10.6 Å². The van der Waals surface area contributed by atoms with Crippen LogP contribution in [0.5, 0.6) is 0 Å². The van der Waals surface area contributed by atoms with Crippen LogP contribution in [0.4, 0.5) is 0 Å². The van der Waals surface area contributed by atoms with Gasteiger partial charge < -0.3 is 10.6 Å². The first-order chi connectivity index (χ1) is 6.11.